The molecule has 0 unspecified atom stereocenters. The van der Waals surface area contributed by atoms with E-state index in [0.29, 0.717) is 0 Å². The van der Waals surface area contributed by atoms with Crippen molar-refractivity contribution in [3.8, 4) is 0 Å². The van der Waals surface area contributed by atoms with Gasteiger partial charge in [0.1, 0.15) is 0 Å². The van der Waals surface area contributed by atoms with Crippen molar-refractivity contribution in [1.29, 1.82) is 0 Å². The summed E-state index contributed by atoms with van der Waals surface area (Å²) in [7, 11) is 0. The fraction of sp³-hybridized carbons (Fsp3) is 0.250. The van der Waals surface area contributed by atoms with Gasteiger partial charge >= 0.3 is 0 Å². The Morgan fingerprint density at radius 2 is 1.84 bits per heavy atom. The summed E-state index contributed by atoms with van der Waals surface area (Å²) in [5, 5.41) is 0. The SMILES string of the molecule is C(=Nc1cccnc1)c1ccc(N2CCCC2)cc1. The molecular weight excluding hydrogens is 234 g/mol. The first-order valence-electron chi connectivity index (χ1n) is 6.71. The number of nitrogens with zero attached hydrogens (tertiary/aromatic N) is 3. The zero-order chi connectivity index (χ0) is 12.9. The first-order chi connectivity index (χ1) is 9.42. The van der Waals surface area contributed by atoms with Crippen molar-refractivity contribution >= 4 is 17.6 Å². The fourth-order valence-electron chi connectivity index (χ4n) is 2.33. The molecular formula is C16H17N3. The molecule has 1 saturated heterocycles. The van der Waals surface area contributed by atoms with E-state index in [1.165, 1.54) is 31.6 Å². The van der Waals surface area contributed by atoms with Gasteiger partial charge in [-0.3, -0.25) is 9.98 Å². The standard InChI is InChI=1S/C16H17N3/c1-2-11-19(10-1)16-7-5-14(6-8-16)12-18-15-4-3-9-17-13-15/h3-9,12-13H,1-2,10-11H2. The predicted octanol–water partition coefficient (Wildman–Crippen LogP) is 3.43. The summed E-state index contributed by atoms with van der Waals surface area (Å²) in [6.07, 6.45) is 8.01. The van der Waals surface area contributed by atoms with E-state index < -0.39 is 0 Å². The third-order valence-corrected chi connectivity index (χ3v) is 3.37. The van der Waals surface area contributed by atoms with Gasteiger partial charge in [0.2, 0.25) is 0 Å². The molecule has 0 aliphatic carbocycles. The van der Waals surface area contributed by atoms with Crippen molar-refractivity contribution in [2.75, 3.05) is 18.0 Å². The summed E-state index contributed by atoms with van der Waals surface area (Å²) >= 11 is 0. The second-order valence-electron chi connectivity index (χ2n) is 4.76. The monoisotopic (exact) mass is 251 g/mol. The molecule has 0 N–H and O–H groups in total. The molecule has 1 aromatic carbocycles. The highest BCUT2D eigenvalue weighted by molar-refractivity contribution is 5.82. The number of hydrogen-bond acceptors (Lipinski definition) is 3. The minimum absolute atomic E-state index is 0.881. The summed E-state index contributed by atoms with van der Waals surface area (Å²) in [6.45, 7) is 2.37. The third-order valence-electron chi connectivity index (χ3n) is 3.37. The molecule has 3 nitrogen and oxygen atoms in total. The van der Waals surface area contributed by atoms with Gasteiger partial charge in [-0.25, -0.2) is 0 Å². The second-order valence-corrected chi connectivity index (χ2v) is 4.76. The largest absolute Gasteiger partial charge is 0.372 e. The quantitative estimate of drug-likeness (QED) is 0.782. The van der Waals surface area contributed by atoms with Gasteiger partial charge < -0.3 is 4.90 Å². The van der Waals surface area contributed by atoms with Gasteiger partial charge in [-0.1, -0.05) is 12.1 Å². The summed E-state index contributed by atoms with van der Waals surface area (Å²) in [5.74, 6) is 0. The molecule has 1 aliphatic heterocycles. The number of rotatable bonds is 3. The molecule has 2 heterocycles. The van der Waals surface area contributed by atoms with Crippen molar-refractivity contribution in [3.63, 3.8) is 0 Å². The van der Waals surface area contributed by atoms with Crippen molar-refractivity contribution in [3.05, 3.63) is 54.4 Å². The Kier molecular flexibility index (Phi) is 3.54. The Hall–Kier alpha value is -2.16. The highest BCUT2D eigenvalue weighted by Crippen LogP contribution is 2.20. The molecule has 3 heteroatoms. The fourth-order valence-corrected chi connectivity index (χ4v) is 2.33. The number of pyridine rings is 1. The lowest BCUT2D eigenvalue weighted by atomic mass is 10.2. The molecule has 1 aromatic heterocycles. The molecule has 19 heavy (non-hydrogen) atoms. The molecule has 96 valence electrons. The van der Waals surface area contributed by atoms with Gasteiger partial charge in [0.15, 0.2) is 0 Å². The first-order valence-corrected chi connectivity index (χ1v) is 6.71. The van der Waals surface area contributed by atoms with Crippen LogP contribution in [-0.4, -0.2) is 24.3 Å². The van der Waals surface area contributed by atoms with Crippen LogP contribution in [0, 0.1) is 0 Å². The molecule has 0 saturated carbocycles. The van der Waals surface area contributed by atoms with Crippen molar-refractivity contribution in [1.82, 2.24) is 4.98 Å². The summed E-state index contributed by atoms with van der Waals surface area (Å²) in [5.41, 5.74) is 3.31. The molecule has 0 spiro atoms. The number of benzene rings is 1. The number of aromatic nitrogens is 1. The van der Waals surface area contributed by atoms with E-state index in [2.05, 4.69) is 39.1 Å². The maximum Gasteiger partial charge on any atom is 0.0813 e. The van der Waals surface area contributed by atoms with E-state index in [4.69, 9.17) is 0 Å². The molecule has 1 aliphatic rings. The van der Waals surface area contributed by atoms with Crippen LogP contribution in [0.1, 0.15) is 18.4 Å². The topological polar surface area (TPSA) is 28.5 Å². The van der Waals surface area contributed by atoms with E-state index in [1.54, 1.807) is 12.4 Å². The molecule has 0 amide bonds. The molecule has 0 atom stereocenters. The van der Waals surface area contributed by atoms with Gasteiger partial charge in [0.05, 0.1) is 11.9 Å². The molecule has 3 rings (SSSR count). The Bertz CT molecular complexity index is 540. The number of aliphatic imine (C=N–C) groups is 1. The summed E-state index contributed by atoms with van der Waals surface area (Å²) < 4.78 is 0. The Morgan fingerprint density at radius 3 is 2.53 bits per heavy atom. The highest BCUT2D eigenvalue weighted by atomic mass is 15.1. The van der Waals surface area contributed by atoms with E-state index in [0.717, 1.165) is 11.3 Å². The minimum Gasteiger partial charge on any atom is -0.372 e. The van der Waals surface area contributed by atoms with Gasteiger partial charge in [-0.2, -0.15) is 0 Å². The van der Waals surface area contributed by atoms with Crippen LogP contribution in [0.5, 0.6) is 0 Å². The number of hydrogen-bond donors (Lipinski definition) is 0. The average Bonchev–Trinajstić information content (AvgIpc) is 3.01. The van der Waals surface area contributed by atoms with Crippen molar-refractivity contribution in [2.24, 2.45) is 4.99 Å². The van der Waals surface area contributed by atoms with Gasteiger partial charge in [-0.15, -0.1) is 0 Å². The van der Waals surface area contributed by atoms with Crippen LogP contribution in [0.15, 0.2) is 53.8 Å². The van der Waals surface area contributed by atoms with Crippen LogP contribution in [0.3, 0.4) is 0 Å². The van der Waals surface area contributed by atoms with Gasteiger partial charge in [-0.05, 0) is 42.7 Å². The van der Waals surface area contributed by atoms with Crippen LogP contribution in [0.4, 0.5) is 11.4 Å². The lowest BCUT2D eigenvalue weighted by Gasteiger charge is -2.17. The van der Waals surface area contributed by atoms with Crippen LogP contribution in [0.25, 0.3) is 0 Å². The van der Waals surface area contributed by atoms with E-state index in [1.807, 2.05) is 18.3 Å². The molecule has 2 aromatic rings. The molecule has 0 radical (unpaired) electrons. The lowest BCUT2D eigenvalue weighted by Crippen LogP contribution is -2.17. The van der Waals surface area contributed by atoms with Crippen molar-refractivity contribution < 1.29 is 0 Å². The summed E-state index contributed by atoms with van der Waals surface area (Å²) in [6, 6.07) is 12.4. The lowest BCUT2D eigenvalue weighted by molar-refractivity contribution is 0.949. The van der Waals surface area contributed by atoms with Gasteiger partial charge in [0, 0.05) is 31.2 Å². The molecule has 0 bridgehead atoms. The van der Waals surface area contributed by atoms with Crippen LogP contribution in [0.2, 0.25) is 0 Å². The van der Waals surface area contributed by atoms with Gasteiger partial charge in [0.25, 0.3) is 0 Å². The average molecular weight is 251 g/mol. The smallest absolute Gasteiger partial charge is 0.0813 e. The minimum atomic E-state index is 0.881. The summed E-state index contributed by atoms with van der Waals surface area (Å²) in [4.78, 5) is 10.9. The Labute approximate surface area is 113 Å². The Morgan fingerprint density at radius 1 is 1.05 bits per heavy atom. The van der Waals surface area contributed by atoms with E-state index in [9.17, 15) is 0 Å². The van der Waals surface area contributed by atoms with Crippen LogP contribution < -0.4 is 4.90 Å². The van der Waals surface area contributed by atoms with Crippen LogP contribution >= 0.6 is 0 Å². The third kappa shape index (κ3) is 2.99. The number of anilines is 1. The normalized spacial score (nSPS) is 15.3. The zero-order valence-electron chi connectivity index (χ0n) is 10.9. The van der Waals surface area contributed by atoms with E-state index >= 15 is 0 Å². The highest BCUT2D eigenvalue weighted by Gasteiger charge is 2.11. The Balaban J connectivity index is 1.70. The second kappa shape index (κ2) is 5.65. The van der Waals surface area contributed by atoms with Crippen molar-refractivity contribution in [2.45, 2.75) is 12.8 Å². The van der Waals surface area contributed by atoms with Crippen LogP contribution in [-0.2, 0) is 0 Å². The first kappa shape index (κ1) is 11.9. The maximum atomic E-state index is 4.40. The zero-order valence-corrected chi connectivity index (χ0v) is 10.9. The molecule has 1 fully saturated rings. The maximum absolute atomic E-state index is 4.40. The predicted molar refractivity (Wildman–Crippen MR) is 79.4 cm³/mol. The van der Waals surface area contributed by atoms with E-state index in [-0.39, 0.29) is 0 Å².